The number of aromatic nitrogens is 2. The molecule has 0 fully saturated rings. The molecule has 3 aromatic rings. The number of hydrogen-bond acceptors (Lipinski definition) is 21. The lowest BCUT2D eigenvalue weighted by molar-refractivity contribution is -0.144. The van der Waals surface area contributed by atoms with E-state index >= 15 is 0 Å². The number of unbranched alkanes of at least 4 members (excludes halogenated alkanes) is 3. The Morgan fingerprint density at radius 3 is 1.92 bits per heavy atom. The molecule has 440 valence electrons. The summed E-state index contributed by atoms with van der Waals surface area (Å²) in [6.07, 6.45) is -14.0. The van der Waals surface area contributed by atoms with Crippen LogP contribution in [0.3, 0.4) is 0 Å². The fourth-order valence-electron chi connectivity index (χ4n) is 8.52. The van der Waals surface area contributed by atoms with Crippen molar-refractivity contribution < 1.29 is 89.4 Å². The number of likely N-dealkylation sites (N-methyl/N-ethyl adjacent to an activating group) is 1. The zero-order valence-electron chi connectivity index (χ0n) is 44.5. The number of nitrogens with zero attached hydrogens (tertiary/aromatic N) is 3. The molecule has 2 aromatic carbocycles. The lowest BCUT2D eigenvalue weighted by atomic mass is 10.0. The maximum Gasteiger partial charge on any atom is 0.308 e. The molecule has 0 aliphatic carbocycles. The quantitative estimate of drug-likeness (QED) is 0.0197. The third-order valence-electron chi connectivity index (χ3n) is 13.4. The number of ether oxygens (including phenoxy) is 1. The molecule has 6 amide bonds. The average molecular weight is 1120 g/mol. The van der Waals surface area contributed by atoms with Gasteiger partial charge < -0.3 is 102 Å². The van der Waals surface area contributed by atoms with E-state index in [4.69, 9.17) is 14.9 Å². The van der Waals surface area contributed by atoms with Crippen LogP contribution in [0.15, 0.2) is 42.5 Å². The molecule has 2 heterocycles. The highest BCUT2D eigenvalue weighted by Gasteiger charge is 2.34. The van der Waals surface area contributed by atoms with Gasteiger partial charge in [0.05, 0.1) is 62.6 Å². The van der Waals surface area contributed by atoms with E-state index < -0.39 is 129 Å². The number of hydrogen-bond donors (Lipinski definition) is 17. The van der Waals surface area contributed by atoms with Crippen LogP contribution < -0.4 is 31.9 Å². The number of aliphatic hydroxyl groups is 10. The maximum absolute atomic E-state index is 13.9. The summed E-state index contributed by atoms with van der Waals surface area (Å²) in [6, 6.07) is 9.24. The highest BCUT2D eigenvalue weighted by atomic mass is 16.5. The number of nitrogens with one attached hydrogen (secondary N) is 7. The molecule has 1 aromatic heterocycles. The molecular weight excluding hydrogens is 1040 g/mol. The molecule has 0 bridgehead atoms. The predicted molar refractivity (Wildman–Crippen MR) is 281 cm³/mol. The van der Waals surface area contributed by atoms with Crippen LogP contribution in [0.4, 0.5) is 5.69 Å². The van der Waals surface area contributed by atoms with E-state index in [2.05, 4.69) is 41.9 Å². The summed E-state index contributed by atoms with van der Waals surface area (Å²) in [6.45, 7) is -2.21. The highest BCUT2D eigenvalue weighted by Crippen LogP contribution is 2.27. The molecule has 0 unspecified atom stereocenters. The van der Waals surface area contributed by atoms with Gasteiger partial charge in [-0.2, -0.15) is 0 Å². The minimum absolute atomic E-state index is 0.123. The van der Waals surface area contributed by atoms with Gasteiger partial charge in [0.2, 0.25) is 29.5 Å². The van der Waals surface area contributed by atoms with Gasteiger partial charge >= 0.3 is 5.97 Å². The summed E-state index contributed by atoms with van der Waals surface area (Å²) in [5.74, 6) is -3.45. The van der Waals surface area contributed by atoms with Crippen molar-refractivity contribution in [2.24, 2.45) is 0 Å². The number of aliphatic hydroxyl groups excluding tert-OH is 10. The van der Waals surface area contributed by atoms with E-state index in [1.54, 1.807) is 30.1 Å². The Morgan fingerprint density at radius 2 is 1.34 bits per heavy atom. The number of aromatic amines is 1. The van der Waals surface area contributed by atoms with E-state index in [0.29, 0.717) is 48.3 Å². The van der Waals surface area contributed by atoms with Crippen LogP contribution in [-0.2, 0) is 46.6 Å². The molecule has 28 nitrogen and oxygen atoms in total. The largest absolute Gasteiger partial charge is 0.469 e. The van der Waals surface area contributed by atoms with Crippen LogP contribution in [0.25, 0.3) is 11.0 Å². The standard InChI is InChI=1S/C51H78N10O18/c1-52-33(14-16-41(68)54-22-36(64)44(71)46(73)38(66)26-62)49(76)59-34(15-17-42(69)55-23-37(65)45(72)47(74)39(67)27-63)48(75)53-18-8-4-5-9-19-61-24-29-20-28(12-13-30(29)56-35(51(61)78)21-43(70)79-3)50(77)60(2)25-40-57-31-10-6-7-11-32(31)58-40/h6-7,10-13,20,33-39,44-47,52,56,62-67,71-74H,4-5,8-9,14-19,21-27H2,1-3H3,(H,53,75)(H,54,68)(H,55,69)(H,57,58)(H,59,76)/t33-,34-,35-,36+,37-,38-,39+,44-,45+,46-,47+/m0/s1. The van der Waals surface area contributed by atoms with Crippen molar-refractivity contribution in [2.75, 3.05) is 65.9 Å². The average Bonchev–Trinajstić information content (AvgIpc) is 3.88. The number of carbonyl (C=O) groups excluding carboxylic acids is 7. The molecule has 79 heavy (non-hydrogen) atoms. The van der Waals surface area contributed by atoms with Crippen molar-refractivity contribution in [1.82, 2.24) is 46.4 Å². The lowest BCUT2D eigenvalue weighted by Gasteiger charge is -2.26. The summed E-state index contributed by atoms with van der Waals surface area (Å²) >= 11 is 0. The predicted octanol–water partition coefficient (Wildman–Crippen LogP) is -5.07. The number of para-hydroxylation sites is 2. The number of imidazole rings is 1. The third kappa shape index (κ3) is 20.0. The van der Waals surface area contributed by atoms with Crippen LogP contribution in [0, 0.1) is 0 Å². The number of rotatable bonds is 34. The minimum Gasteiger partial charge on any atom is -0.469 e. The monoisotopic (exact) mass is 1120 g/mol. The van der Waals surface area contributed by atoms with Crippen molar-refractivity contribution in [3.8, 4) is 0 Å². The van der Waals surface area contributed by atoms with Crippen molar-refractivity contribution >= 4 is 58.1 Å². The number of fused-ring (bicyclic) bond motifs is 2. The Labute approximate surface area is 455 Å². The third-order valence-corrected chi connectivity index (χ3v) is 13.4. The van der Waals surface area contributed by atoms with Crippen LogP contribution in [0.2, 0.25) is 0 Å². The van der Waals surface area contributed by atoms with E-state index in [0.717, 1.165) is 11.0 Å². The molecule has 0 saturated carbocycles. The molecular formula is C51H78N10O18. The molecule has 0 spiro atoms. The first-order valence-electron chi connectivity index (χ1n) is 26.0. The molecule has 0 saturated heterocycles. The molecule has 0 radical (unpaired) electrons. The number of amides is 6. The Bertz CT molecular complexity index is 2430. The van der Waals surface area contributed by atoms with Gasteiger partial charge in [-0.25, -0.2) is 4.98 Å². The van der Waals surface area contributed by atoms with Gasteiger partial charge in [0, 0.05) is 63.9 Å². The molecule has 17 N–H and O–H groups in total. The van der Waals surface area contributed by atoms with E-state index in [1.165, 1.54) is 19.1 Å². The number of methoxy groups -OCH3 is 1. The summed E-state index contributed by atoms with van der Waals surface area (Å²) < 4.78 is 4.87. The van der Waals surface area contributed by atoms with Crippen molar-refractivity contribution in [3.05, 3.63) is 59.4 Å². The maximum atomic E-state index is 13.9. The second-order valence-corrected chi connectivity index (χ2v) is 19.4. The molecule has 4 rings (SSSR count). The van der Waals surface area contributed by atoms with Crippen LogP contribution >= 0.6 is 0 Å². The number of anilines is 1. The fraction of sp³-hybridized carbons (Fsp3) is 0.608. The molecule has 1 aliphatic heterocycles. The summed E-state index contributed by atoms with van der Waals surface area (Å²) in [4.78, 5) is 104. The Kier molecular flexibility index (Phi) is 26.8. The Morgan fingerprint density at radius 1 is 0.759 bits per heavy atom. The zero-order chi connectivity index (χ0) is 58.3. The molecule has 1 aliphatic rings. The number of esters is 1. The van der Waals surface area contributed by atoms with E-state index in [1.807, 2.05) is 24.3 Å². The highest BCUT2D eigenvalue weighted by molar-refractivity contribution is 5.96. The van der Waals surface area contributed by atoms with Gasteiger partial charge in [0.25, 0.3) is 5.91 Å². The first-order valence-corrected chi connectivity index (χ1v) is 26.0. The summed E-state index contributed by atoms with van der Waals surface area (Å²) in [5, 5.41) is 113. The van der Waals surface area contributed by atoms with Gasteiger partial charge in [0.15, 0.2) is 0 Å². The van der Waals surface area contributed by atoms with Gasteiger partial charge in [0.1, 0.15) is 54.5 Å². The van der Waals surface area contributed by atoms with Crippen molar-refractivity contribution in [1.29, 1.82) is 0 Å². The second-order valence-electron chi connectivity index (χ2n) is 19.4. The first-order chi connectivity index (χ1) is 37.6. The normalized spacial score (nSPS) is 17.3. The van der Waals surface area contributed by atoms with Gasteiger partial charge in [-0.15, -0.1) is 0 Å². The lowest BCUT2D eigenvalue weighted by Crippen LogP contribution is -2.53. The molecule has 11 atom stereocenters. The number of carbonyl (C=O) groups is 7. The van der Waals surface area contributed by atoms with Crippen LogP contribution in [0.1, 0.15) is 79.5 Å². The van der Waals surface area contributed by atoms with E-state index in [-0.39, 0.29) is 63.7 Å². The summed E-state index contributed by atoms with van der Waals surface area (Å²) in [7, 11) is 4.30. The number of H-pyrrole nitrogens is 1. The van der Waals surface area contributed by atoms with E-state index in [9.17, 15) is 74.4 Å². The van der Waals surface area contributed by atoms with Gasteiger partial charge in [-0.05, 0) is 68.6 Å². The minimum atomic E-state index is -1.95. The van der Waals surface area contributed by atoms with Gasteiger partial charge in [-0.1, -0.05) is 25.0 Å². The van der Waals surface area contributed by atoms with Crippen LogP contribution in [0.5, 0.6) is 0 Å². The van der Waals surface area contributed by atoms with Crippen LogP contribution in [-0.4, -0.2) is 240 Å². The smallest absolute Gasteiger partial charge is 0.308 e. The fourth-order valence-corrected chi connectivity index (χ4v) is 8.52. The summed E-state index contributed by atoms with van der Waals surface area (Å²) in [5.41, 5.74) is 3.24. The van der Waals surface area contributed by atoms with Gasteiger partial charge in [-0.3, -0.25) is 33.6 Å². The first kappa shape index (κ1) is 65.1. The Balaban J connectivity index is 1.34. The van der Waals surface area contributed by atoms with Crippen molar-refractivity contribution in [3.63, 3.8) is 0 Å². The zero-order valence-corrected chi connectivity index (χ0v) is 44.5. The number of benzene rings is 2. The Hall–Kier alpha value is -6.44. The molecule has 28 heteroatoms. The second kappa shape index (κ2) is 32.6. The topological polar surface area (TPSA) is 438 Å². The SMILES string of the molecule is CN[C@@H](CCC(=O)NC[C@@H](O)[C@H](O)[C@@H](O)[C@@H](O)CO)C(=O)N[C@@H](CCC(=O)NC[C@H](O)[C@@H](O)[C@H](O)[C@H](O)CO)C(=O)NCCCCCCN1Cc2cc(C(=O)N(C)Cc3nc4ccccc4[nH]3)ccc2N[C@@H](CC(=O)OC)C1=O. The van der Waals surface area contributed by atoms with Crippen molar-refractivity contribution in [2.45, 2.75) is 138 Å².